The van der Waals surface area contributed by atoms with Crippen LogP contribution in [0.4, 0.5) is 8.78 Å². The molecule has 3 rings (SSSR count). The lowest BCUT2D eigenvalue weighted by atomic mass is 10.0. The Morgan fingerprint density at radius 3 is 1.88 bits per heavy atom. The predicted octanol–water partition coefficient (Wildman–Crippen LogP) is 2.88. The molecule has 32 heavy (non-hydrogen) atoms. The van der Waals surface area contributed by atoms with Crippen molar-refractivity contribution in [3.05, 3.63) is 77.0 Å². The molecule has 0 spiro atoms. The van der Waals surface area contributed by atoms with Crippen molar-refractivity contribution in [1.29, 1.82) is 0 Å². The predicted molar refractivity (Wildman–Crippen MR) is 115 cm³/mol. The Kier molecular flexibility index (Phi) is 8.08. The van der Waals surface area contributed by atoms with E-state index in [9.17, 15) is 18.4 Å². The van der Waals surface area contributed by atoms with Gasteiger partial charge in [-0.05, 0) is 41.8 Å². The number of imide groups is 1. The van der Waals surface area contributed by atoms with Crippen LogP contribution in [0.25, 0.3) is 5.57 Å². The van der Waals surface area contributed by atoms with Crippen molar-refractivity contribution in [2.45, 2.75) is 6.42 Å². The van der Waals surface area contributed by atoms with Crippen molar-refractivity contribution in [3.63, 3.8) is 0 Å². The third kappa shape index (κ3) is 5.38. The van der Waals surface area contributed by atoms with Crippen LogP contribution in [0.1, 0.15) is 11.1 Å². The van der Waals surface area contributed by atoms with Crippen molar-refractivity contribution >= 4 is 17.4 Å². The molecular formula is C24H26F2N2O4. The van der Waals surface area contributed by atoms with Crippen LogP contribution in [0.2, 0.25) is 0 Å². The van der Waals surface area contributed by atoms with Crippen LogP contribution in [-0.4, -0.2) is 68.7 Å². The van der Waals surface area contributed by atoms with Gasteiger partial charge in [0.05, 0.1) is 18.8 Å². The third-order valence-corrected chi connectivity index (χ3v) is 5.26. The van der Waals surface area contributed by atoms with Crippen molar-refractivity contribution in [1.82, 2.24) is 9.80 Å². The highest BCUT2D eigenvalue weighted by Crippen LogP contribution is 2.32. The number of benzene rings is 2. The second-order valence-corrected chi connectivity index (χ2v) is 7.34. The lowest BCUT2D eigenvalue weighted by molar-refractivity contribution is -0.137. The number of methoxy groups -OCH3 is 2. The largest absolute Gasteiger partial charge is 0.383 e. The van der Waals surface area contributed by atoms with Gasteiger partial charge in [-0.25, -0.2) is 8.78 Å². The van der Waals surface area contributed by atoms with Crippen LogP contribution >= 0.6 is 0 Å². The van der Waals surface area contributed by atoms with E-state index >= 15 is 0 Å². The fraction of sp³-hybridized carbons (Fsp3) is 0.333. The maximum absolute atomic E-state index is 13.5. The van der Waals surface area contributed by atoms with Gasteiger partial charge in [-0.15, -0.1) is 0 Å². The van der Waals surface area contributed by atoms with Gasteiger partial charge in [0, 0.05) is 33.9 Å². The molecule has 6 nitrogen and oxygen atoms in total. The molecule has 0 bridgehead atoms. The number of hydrogen-bond donors (Lipinski definition) is 0. The normalized spacial score (nSPS) is 13.9. The van der Waals surface area contributed by atoms with E-state index in [1.165, 1.54) is 41.3 Å². The van der Waals surface area contributed by atoms with E-state index in [0.29, 0.717) is 38.3 Å². The number of hydrogen-bond acceptors (Lipinski definition) is 5. The second-order valence-electron chi connectivity index (χ2n) is 7.34. The van der Waals surface area contributed by atoms with Gasteiger partial charge in [0.15, 0.2) is 0 Å². The third-order valence-electron chi connectivity index (χ3n) is 5.26. The summed E-state index contributed by atoms with van der Waals surface area (Å²) in [5, 5.41) is 0. The molecule has 0 radical (unpaired) electrons. The summed E-state index contributed by atoms with van der Waals surface area (Å²) in [4.78, 5) is 29.7. The molecule has 0 fully saturated rings. The van der Waals surface area contributed by atoms with Crippen molar-refractivity contribution < 1.29 is 27.8 Å². The zero-order valence-corrected chi connectivity index (χ0v) is 18.1. The summed E-state index contributed by atoms with van der Waals surface area (Å²) < 4.78 is 37.0. The van der Waals surface area contributed by atoms with Crippen molar-refractivity contribution in [2.75, 3.05) is 47.1 Å². The maximum atomic E-state index is 13.5. The van der Waals surface area contributed by atoms with Gasteiger partial charge in [-0.1, -0.05) is 24.3 Å². The fourth-order valence-corrected chi connectivity index (χ4v) is 3.57. The molecule has 0 N–H and O–H groups in total. The highest BCUT2D eigenvalue weighted by Gasteiger charge is 2.41. The fourth-order valence-electron chi connectivity index (χ4n) is 3.57. The van der Waals surface area contributed by atoms with E-state index < -0.39 is 17.6 Å². The van der Waals surface area contributed by atoms with Crippen molar-refractivity contribution in [2.24, 2.45) is 0 Å². The lowest BCUT2D eigenvalue weighted by Gasteiger charge is -2.25. The average molecular weight is 444 g/mol. The zero-order valence-electron chi connectivity index (χ0n) is 18.1. The summed E-state index contributed by atoms with van der Waals surface area (Å²) in [5.74, 6) is -1.66. The molecule has 8 heteroatoms. The number of ether oxygens (including phenoxy) is 2. The SMILES string of the molecule is COCCN(CCOC)C1=C(c2ccc(F)cc2)C(=O)N(CCc2ccc(F)cc2)C1=O. The van der Waals surface area contributed by atoms with E-state index in [0.717, 1.165) is 5.56 Å². The van der Waals surface area contributed by atoms with E-state index in [1.54, 1.807) is 31.3 Å². The van der Waals surface area contributed by atoms with Crippen LogP contribution in [0.5, 0.6) is 0 Å². The lowest BCUT2D eigenvalue weighted by Crippen LogP contribution is -2.38. The van der Waals surface area contributed by atoms with E-state index in [1.807, 2.05) is 0 Å². The summed E-state index contributed by atoms with van der Waals surface area (Å²) in [6, 6.07) is 11.4. The molecule has 2 aromatic rings. The average Bonchev–Trinajstić information content (AvgIpc) is 3.04. The molecule has 0 atom stereocenters. The summed E-state index contributed by atoms with van der Waals surface area (Å²) >= 11 is 0. The van der Waals surface area contributed by atoms with Gasteiger partial charge < -0.3 is 14.4 Å². The summed E-state index contributed by atoms with van der Waals surface area (Å²) in [7, 11) is 3.11. The Morgan fingerprint density at radius 2 is 1.34 bits per heavy atom. The molecule has 1 aliphatic heterocycles. The molecule has 2 amide bonds. The van der Waals surface area contributed by atoms with Gasteiger partial charge in [-0.2, -0.15) is 0 Å². The van der Waals surface area contributed by atoms with Crippen LogP contribution in [-0.2, 0) is 25.5 Å². The first kappa shape index (κ1) is 23.6. The molecule has 1 heterocycles. The molecule has 170 valence electrons. The Morgan fingerprint density at radius 1 is 0.812 bits per heavy atom. The zero-order chi connectivity index (χ0) is 23.1. The first-order valence-corrected chi connectivity index (χ1v) is 10.3. The Bertz CT molecular complexity index is 966. The Balaban J connectivity index is 1.94. The number of rotatable bonds is 11. The van der Waals surface area contributed by atoms with E-state index in [-0.39, 0.29) is 23.6 Å². The highest BCUT2D eigenvalue weighted by atomic mass is 19.1. The van der Waals surface area contributed by atoms with E-state index in [2.05, 4.69) is 0 Å². The first-order valence-electron chi connectivity index (χ1n) is 10.3. The standard InChI is InChI=1S/C24H26F2N2O4/c1-31-15-13-27(14-16-32-2)22-21(18-5-9-20(26)10-6-18)23(29)28(24(22)30)12-11-17-3-7-19(25)8-4-17/h3-10H,11-16H2,1-2H3. The number of carbonyl (C=O) groups is 2. The van der Waals surface area contributed by atoms with Gasteiger partial charge in [-0.3, -0.25) is 14.5 Å². The Hall–Kier alpha value is -3.10. The van der Waals surface area contributed by atoms with Gasteiger partial charge in [0.1, 0.15) is 17.3 Å². The van der Waals surface area contributed by atoms with Crippen LogP contribution in [0.3, 0.4) is 0 Å². The van der Waals surface area contributed by atoms with Crippen molar-refractivity contribution in [3.8, 4) is 0 Å². The molecule has 1 aliphatic rings. The minimum atomic E-state index is -0.446. The monoisotopic (exact) mass is 444 g/mol. The highest BCUT2D eigenvalue weighted by molar-refractivity contribution is 6.35. The number of carbonyl (C=O) groups excluding carboxylic acids is 2. The number of nitrogens with zero attached hydrogens (tertiary/aromatic N) is 2. The number of amides is 2. The van der Waals surface area contributed by atoms with E-state index in [4.69, 9.17) is 9.47 Å². The molecular weight excluding hydrogens is 418 g/mol. The smallest absolute Gasteiger partial charge is 0.277 e. The van der Waals surface area contributed by atoms with Gasteiger partial charge in [0.2, 0.25) is 0 Å². The molecule has 0 unspecified atom stereocenters. The first-order chi connectivity index (χ1) is 15.5. The summed E-state index contributed by atoms with van der Waals surface area (Å²) in [5.41, 5.74) is 1.74. The van der Waals surface area contributed by atoms with Crippen LogP contribution in [0.15, 0.2) is 54.2 Å². The Labute approximate surface area is 186 Å². The minimum absolute atomic E-state index is 0.139. The van der Waals surface area contributed by atoms with Gasteiger partial charge >= 0.3 is 0 Å². The molecule has 0 saturated heterocycles. The second kappa shape index (κ2) is 11.0. The minimum Gasteiger partial charge on any atom is -0.383 e. The maximum Gasteiger partial charge on any atom is 0.277 e. The quantitative estimate of drug-likeness (QED) is 0.499. The van der Waals surface area contributed by atoms with Crippen LogP contribution in [0, 0.1) is 11.6 Å². The number of halogens is 2. The summed E-state index contributed by atoms with van der Waals surface area (Å²) in [6.07, 6.45) is 0.387. The molecule has 0 saturated carbocycles. The molecule has 2 aromatic carbocycles. The van der Waals surface area contributed by atoms with Gasteiger partial charge in [0.25, 0.3) is 11.8 Å². The molecule has 0 aromatic heterocycles. The molecule has 0 aliphatic carbocycles. The van der Waals surface area contributed by atoms with Crippen LogP contribution < -0.4 is 0 Å². The summed E-state index contributed by atoms with van der Waals surface area (Å²) in [6.45, 7) is 1.59. The topological polar surface area (TPSA) is 59.1 Å².